The molecular formula is C18H23Cl3N4O2S. The zero-order valence-corrected chi connectivity index (χ0v) is 18.7. The number of hydrogen-bond acceptors (Lipinski definition) is 3. The standard InChI is InChI=1S/C18H23Cl3N4O2S/c1-10(2)15(27)22-16(18(19,20)21)23-17(28)24-7-11-6-12(9-24)13-4-3-5-14(26)25(13)8-11/h3-5,10-12,16H,6-9H2,1-2H3,(H,22,27)(H,23,28)/t11-,12-,16-/m0/s1. The average molecular weight is 466 g/mol. The summed E-state index contributed by atoms with van der Waals surface area (Å²) in [6.45, 7) is 5.55. The summed E-state index contributed by atoms with van der Waals surface area (Å²) >= 11 is 23.7. The third-order valence-electron chi connectivity index (χ3n) is 5.17. The van der Waals surface area contributed by atoms with Gasteiger partial charge in [-0.15, -0.1) is 0 Å². The molecule has 1 saturated heterocycles. The number of amides is 1. The minimum absolute atomic E-state index is 0.0361. The van der Waals surface area contributed by atoms with Crippen molar-refractivity contribution in [3.63, 3.8) is 0 Å². The summed E-state index contributed by atoms with van der Waals surface area (Å²) in [5.74, 6) is 0.0185. The van der Waals surface area contributed by atoms with Crippen LogP contribution in [0.5, 0.6) is 0 Å². The number of hydrogen-bond donors (Lipinski definition) is 2. The molecule has 0 radical (unpaired) electrons. The van der Waals surface area contributed by atoms with E-state index in [0.717, 1.165) is 12.1 Å². The second-order valence-corrected chi connectivity index (χ2v) is 10.4. The van der Waals surface area contributed by atoms with E-state index in [0.29, 0.717) is 30.7 Å². The highest BCUT2D eigenvalue weighted by Crippen LogP contribution is 2.35. The Morgan fingerprint density at radius 3 is 2.57 bits per heavy atom. The minimum Gasteiger partial charge on any atom is -0.348 e. The van der Waals surface area contributed by atoms with Crippen LogP contribution < -0.4 is 16.2 Å². The molecule has 0 aliphatic carbocycles. The van der Waals surface area contributed by atoms with Crippen molar-refractivity contribution in [2.24, 2.45) is 11.8 Å². The van der Waals surface area contributed by atoms with Gasteiger partial charge in [0.25, 0.3) is 5.56 Å². The molecule has 0 saturated carbocycles. The summed E-state index contributed by atoms with van der Waals surface area (Å²) < 4.78 is 0.0970. The van der Waals surface area contributed by atoms with Gasteiger partial charge in [-0.3, -0.25) is 9.59 Å². The number of carbonyl (C=O) groups excluding carboxylic acids is 1. The Morgan fingerprint density at radius 1 is 1.21 bits per heavy atom. The lowest BCUT2D eigenvalue weighted by molar-refractivity contribution is -0.124. The first kappa shape index (κ1) is 21.7. The maximum atomic E-state index is 12.2. The number of carbonyl (C=O) groups is 1. The fourth-order valence-electron chi connectivity index (χ4n) is 3.79. The third-order valence-corrected chi connectivity index (χ3v) is 6.20. The second-order valence-electron chi connectivity index (χ2n) is 7.69. The summed E-state index contributed by atoms with van der Waals surface area (Å²) in [4.78, 5) is 26.2. The molecule has 28 heavy (non-hydrogen) atoms. The van der Waals surface area contributed by atoms with Gasteiger partial charge in [0.1, 0.15) is 6.17 Å². The Labute approximate surface area is 184 Å². The highest BCUT2D eigenvalue weighted by atomic mass is 35.6. The molecule has 154 valence electrons. The van der Waals surface area contributed by atoms with Crippen molar-refractivity contribution in [2.45, 2.75) is 42.7 Å². The number of nitrogens with zero attached hydrogens (tertiary/aromatic N) is 2. The van der Waals surface area contributed by atoms with Gasteiger partial charge in [0, 0.05) is 43.2 Å². The summed E-state index contributed by atoms with van der Waals surface area (Å²) in [6, 6.07) is 5.39. The number of rotatable bonds is 3. The zero-order valence-electron chi connectivity index (χ0n) is 15.6. The molecule has 1 fully saturated rings. The minimum atomic E-state index is -1.76. The van der Waals surface area contributed by atoms with Crippen LogP contribution in [0.2, 0.25) is 0 Å². The van der Waals surface area contributed by atoms with Crippen molar-refractivity contribution in [2.75, 3.05) is 13.1 Å². The molecule has 2 bridgehead atoms. The van der Waals surface area contributed by atoms with Gasteiger partial charge >= 0.3 is 0 Å². The molecule has 2 aliphatic rings. The Hall–Kier alpha value is -1.02. The number of likely N-dealkylation sites (tertiary alicyclic amines) is 1. The van der Waals surface area contributed by atoms with Gasteiger partial charge in [-0.2, -0.15) is 0 Å². The van der Waals surface area contributed by atoms with E-state index in [2.05, 4.69) is 10.6 Å². The molecule has 2 aliphatic heterocycles. The largest absolute Gasteiger partial charge is 0.348 e. The first-order valence-corrected chi connectivity index (χ1v) is 10.7. The third kappa shape index (κ3) is 4.75. The molecule has 0 unspecified atom stereocenters. The Bertz CT molecular complexity index is 824. The predicted molar refractivity (Wildman–Crippen MR) is 116 cm³/mol. The molecule has 1 aromatic rings. The molecule has 3 atom stereocenters. The van der Waals surface area contributed by atoms with Crippen molar-refractivity contribution in [1.29, 1.82) is 0 Å². The van der Waals surface area contributed by atoms with E-state index in [1.807, 2.05) is 15.5 Å². The van der Waals surface area contributed by atoms with Crippen LogP contribution in [-0.2, 0) is 11.3 Å². The fourth-order valence-corrected chi connectivity index (χ4v) is 4.38. The lowest BCUT2D eigenvalue weighted by Crippen LogP contribution is -2.60. The maximum Gasteiger partial charge on any atom is 0.250 e. The summed E-state index contributed by atoms with van der Waals surface area (Å²) in [7, 11) is 0. The number of fused-ring (bicyclic) bond motifs is 4. The van der Waals surface area contributed by atoms with Gasteiger partial charge in [-0.1, -0.05) is 54.7 Å². The van der Waals surface area contributed by atoms with Gasteiger partial charge in [0.05, 0.1) is 0 Å². The monoisotopic (exact) mass is 464 g/mol. The maximum absolute atomic E-state index is 12.2. The normalized spacial score (nSPS) is 22.4. The smallest absolute Gasteiger partial charge is 0.250 e. The SMILES string of the molecule is CC(C)C(=O)N[C@@H](NC(=S)N1C[C@@H]2C[C@@H](C1)c1cccc(=O)n1C2)C(Cl)(Cl)Cl. The molecular weight excluding hydrogens is 443 g/mol. The van der Waals surface area contributed by atoms with Gasteiger partial charge in [0.2, 0.25) is 9.70 Å². The zero-order chi connectivity index (χ0) is 20.6. The quantitative estimate of drug-likeness (QED) is 0.408. The molecule has 0 aromatic carbocycles. The van der Waals surface area contributed by atoms with Crippen LogP contribution in [0.15, 0.2) is 23.0 Å². The Kier molecular flexibility index (Phi) is 6.49. The molecule has 2 N–H and O–H groups in total. The van der Waals surface area contributed by atoms with E-state index < -0.39 is 9.96 Å². The van der Waals surface area contributed by atoms with E-state index in [4.69, 9.17) is 47.0 Å². The van der Waals surface area contributed by atoms with Crippen molar-refractivity contribution >= 4 is 58.0 Å². The van der Waals surface area contributed by atoms with E-state index in [-0.39, 0.29) is 23.3 Å². The van der Waals surface area contributed by atoms with Crippen LogP contribution in [0.3, 0.4) is 0 Å². The van der Waals surface area contributed by atoms with E-state index in [1.165, 1.54) is 0 Å². The molecule has 1 aromatic heterocycles. The molecule has 3 rings (SSSR count). The van der Waals surface area contributed by atoms with Crippen LogP contribution in [0, 0.1) is 11.8 Å². The number of nitrogens with one attached hydrogen (secondary N) is 2. The van der Waals surface area contributed by atoms with Crippen LogP contribution in [0.4, 0.5) is 0 Å². The number of halogens is 3. The summed E-state index contributed by atoms with van der Waals surface area (Å²) in [5.41, 5.74) is 1.07. The Balaban J connectivity index is 1.73. The molecule has 10 heteroatoms. The lowest BCUT2D eigenvalue weighted by Gasteiger charge is -2.44. The molecule has 0 spiro atoms. The summed E-state index contributed by atoms with van der Waals surface area (Å²) in [5, 5.41) is 6.11. The summed E-state index contributed by atoms with van der Waals surface area (Å²) in [6.07, 6.45) is 0.0668. The van der Waals surface area contributed by atoms with Gasteiger partial charge in [-0.25, -0.2) is 0 Å². The number of piperidine rings is 1. The molecule has 1 amide bonds. The highest BCUT2D eigenvalue weighted by Gasteiger charge is 2.39. The molecule has 3 heterocycles. The Morgan fingerprint density at radius 2 is 1.93 bits per heavy atom. The highest BCUT2D eigenvalue weighted by molar-refractivity contribution is 7.80. The van der Waals surface area contributed by atoms with E-state index in [9.17, 15) is 9.59 Å². The lowest BCUT2D eigenvalue weighted by atomic mass is 9.83. The predicted octanol–water partition coefficient (Wildman–Crippen LogP) is 2.61. The molecule has 6 nitrogen and oxygen atoms in total. The van der Waals surface area contributed by atoms with Crippen LogP contribution in [-0.4, -0.2) is 43.5 Å². The van der Waals surface area contributed by atoms with Gasteiger partial charge in [-0.05, 0) is 30.6 Å². The van der Waals surface area contributed by atoms with Crippen molar-refractivity contribution in [3.05, 3.63) is 34.2 Å². The van der Waals surface area contributed by atoms with E-state index in [1.54, 1.807) is 26.0 Å². The number of pyridine rings is 1. The van der Waals surface area contributed by atoms with Crippen molar-refractivity contribution in [1.82, 2.24) is 20.1 Å². The van der Waals surface area contributed by atoms with Crippen molar-refractivity contribution in [3.8, 4) is 0 Å². The van der Waals surface area contributed by atoms with Crippen LogP contribution in [0.25, 0.3) is 0 Å². The first-order valence-electron chi connectivity index (χ1n) is 9.18. The topological polar surface area (TPSA) is 66.4 Å². The first-order chi connectivity index (χ1) is 13.1. The van der Waals surface area contributed by atoms with Crippen molar-refractivity contribution < 1.29 is 4.79 Å². The van der Waals surface area contributed by atoms with Crippen LogP contribution >= 0.6 is 47.0 Å². The van der Waals surface area contributed by atoms with Gasteiger partial charge in [0.15, 0.2) is 5.11 Å². The number of thiocarbonyl (C=S) groups is 1. The average Bonchev–Trinajstić information content (AvgIpc) is 2.61. The second kappa shape index (κ2) is 8.38. The van der Waals surface area contributed by atoms with Crippen LogP contribution in [0.1, 0.15) is 31.9 Å². The van der Waals surface area contributed by atoms with E-state index >= 15 is 0 Å². The van der Waals surface area contributed by atoms with Gasteiger partial charge < -0.3 is 20.1 Å². The number of aromatic nitrogens is 1. The number of alkyl halides is 3. The fraction of sp³-hybridized carbons (Fsp3) is 0.611.